The summed E-state index contributed by atoms with van der Waals surface area (Å²) in [7, 11) is 3.98. The van der Waals surface area contributed by atoms with Gasteiger partial charge in [-0.1, -0.05) is 18.2 Å². The summed E-state index contributed by atoms with van der Waals surface area (Å²) < 4.78 is 7.46. The molecule has 2 heterocycles. The molecular weight excluding hydrogens is 392 g/mol. The maximum Gasteiger partial charge on any atom is 0.249 e. The lowest BCUT2D eigenvalue weighted by Gasteiger charge is -2.19. The molecule has 1 aliphatic carbocycles. The van der Waals surface area contributed by atoms with E-state index in [2.05, 4.69) is 38.9 Å². The number of rotatable bonds is 9. The normalized spacial score (nSPS) is 16.5. The summed E-state index contributed by atoms with van der Waals surface area (Å²) >= 11 is 0. The molecule has 1 aromatic carbocycles. The quantitative estimate of drug-likeness (QED) is 0.551. The second-order valence-corrected chi connectivity index (χ2v) is 8.25. The Hall–Kier alpha value is -2.97. The molecule has 8 nitrogen and oxygen atoms in total. The Morgan fingerprint density at radius 1 is 1.35 bits per heavy atom. The Labute approximate surface area is 182 Å². The molecule has 2 atom stereocenters. The van der Waals surface area contributed by atoms with Crippen LogP contribution in [0.1, 0.15) is 36.1 Å². The number of ether oxygens (including phenoxy) is 1. The van der Waals surface area contributed by atoms with E-state index in [1.807, 2.05) is 44.2 Å². The second-order valence-electron chi connectivity index (χ2n) is 8.25. The fourth-order valence-corrected chi connectivity index (χ4v) is 3.90. The summed E-state index contributed by atoms with van der Waals surface area (Å²) in [5.41, 5.74) is 4.64. The van der Waals surface area contributed by atoms with E-state index in [-0.39, 0.29) is 11.9 Å². The van der Waals surface area contributed by atoms with Gasteiger partial charge < -0.3 is 20.3 Å². The van der Waals surface area contributed by atoms with Crippen LogP contribution >= 0.6 is 0 Å². The lowest BCUT2D eigenvalue weighted by Crippen LogP contribution is -2.37. The largest absolute Gasteiger partial charge is 0.367 e. The number of likely N-dealkylation sites (N-methyl/N-ethyl adjacent to an activating group) is 1. The van der Waals surface area contributed by atoms with Gasteiger partial charge in [-0.25, -0.2) is 9.50 Å². The van der Waals surface area contributed by atoms with Crippen molar-refractivity contribution in [3.63, 3.8) is 0 Å². The average Bonchev–Trinajstić information content (AvgIpc) is 3.39. The van der Waals surface area contributed by atoms with Crippen molar-refractivity contribution in [3.05, 3.63) is 59.5 Å². The van der Waals surface area contributed by atoms with Crippen molar-refractivity contribution in [1.29, 1.82) is 0 Å². The van der Waals surface area contributed by atoms with Crippen LogP contribution in [0.2, 0.25) is 0 Å². The molecule has 0 saturated carbocycles. The van der Waals surface area contributed by atoms with Crippen molar-refractivity contribution in [2.24, 2.45) is 0 Å². The Morgan fingerprint density at radius 3 is 3.06 bits per heavy atom. The molecule has 31 heavy (non-hydrogen) atoms. The predicted octanol–water partition coefficient (Wildman–Crippen LogP) is 2.41. The minimum atomic E-state index is -0.453. The van der Waals surface area contributed by atoms with E-state index in [0.717, 1.165) is 30.7 Å². The van der Waals surface area contributed by atoms with Crippen molar-refractivity contribution in [2.45, 2.75) is 38.5 Å². The fourth-order valence-electron chi connectivity index (χ4n) is 3.90. The highest BCUT2D eigenvalue weighted by Gasteiger charge is 2.26. The van der Waals surface area contributed by atoms with Crippen LogP contribution in [0, 0.1) is 0 Å². The van der Waals surface area contributed by atoms with Gasteiger partial charge in [-0.2, -0.15) is 5.10 Å². The average molecular weight is 423 g/mol. The number of carbonyl (C=O) groups is 1. The first-order chi connectivity index (χ1) is 15.0. The van der Waals surface area contributed by atoms with Crippen LogP contribution < -0.4 is 10.6 Å². The molecule has 0 bridgehead atoms. The van der Waals surface area contributed by atoms with Gasteiger partial charge >= 0.3 is 0 Å². The van der Waals surface area contributed by atoms with E-state index < -0.39 is 6.10 Å². The van der Waals surface area contributed by atoms with Gasteiger partial charge in [0.25, 0.3) is 0 Å². The first-order valence-electron chi connectivity index (χ1n) is 10.7. The predicted molar refractivity (Wildman–Crippen MR) is 120 cm³/mol. The number of nitrogens with one attached hydrogen (secondary N) is 2. The van der Waals surface area contributed by atoms with Gasteiger partial charge in [0.05, 0.1) is 12.6 Å². The van der Waals surface area contributed by atoms with E-state index in [9.17, 15) is 4.79 Å². The molecule has 1 aliphatic rings. The Bertz CT molecular complexity index is 1050. The van der Waals surface area contributed by atoms with Gasteiger partial charge in [0.15, 0.2) is 5.82 Å². The smallest absolute Gasteiger partial charge is 0.249 e. The minimum absolute atomic E-state index is 0.0478. The molecule has 0 spiro atoms. The van der Waals surface area contributed by atoms with Crippen molar-refractivity contribution < 1.29 is 9.53 Å². The Balaban J connectivity index is 1.34. The standard InChI is InChI=1S/C23H30N6O2/c1-16(31-12-11-28(2)3)23(30)27-20-9-7-18-13-17(6-8-19(18)20)14-24-22-21-5-4-10-29(21)26-15-25-22/h4-6,8,10,13,15-16,20H,7,9,11-12,14H2,1-3H3,(H,27,30)(H,24,25,26)/t16-,20?/m1/s1. The molecule has 0 radical (unpaired) electrons. The zero-order chi connectivity index (χ0) is 21.8. The summed E-state index contributed by atoms with van der Waals surface area (Å²) in [5.74, 6) is 0.760. The van der Waals surface area contributed by atoms with E-state index in [1.54, 1.807) is 10.8 Å². The van der Waals surface area contributed by atoms with Crippen LogP contribution in [0.5, 0.6) is 0 Å². The summed E-state index contributed by atoms with van der Waals surface area (Å²) in [6, 6.07) is 10.5. The number of carbonyl (C=O) groups excluding carboxylic acids is 1. The minimum Gasteiger partial charge on any atom is -0.367 e. The van der Waals surface area contributed by atoms with Crippen LogP contribution in [-0.4, -0.2) is 58.8 Å². The van der Waals surface area contributed by atoms with Gasteiger partial charge in [0.2, 0.25) is 5.91 Å². The lowest BCUT2D eigenvalue weighted by atomic mass is 10.0. The first-order valence-corrected chi connectivity index (χ1v) is 10.7. The van der Waals surface area contributed by atoms with Crippen molar-refractivity contribution in [3.8, 4) is 0 Å². The molecule has 1 amide bonds. The third kappa shape index (κ3) is 5.03. The highest BCUT2D eigenvalue weighted by molar-refractivity contribution is 5.81. The Morgan fingerprint density at radius 2 is 2.23 bits per heavy atom. The maximum absolute atomic E-state index is 12.5. The number of nitrogens with zero attached hydrogens (tertiary/aromatic N) is 4. The molecule has 3 aromatic rings. The zero-order valence-corrected chi connectivity index (χ0v) is 18.3. The van der Waals surface area contributed by atoms with E-state index in [4.69, 9.17) is 4.74 Å². The topological polar surface area (TPSA) is 83.8 Å². The third-order valence-corrected chi connectivity index (χ3v) is 5.67. The highest BCUT2D eigenvalue weighted by atomic mass is 16.5. The van der Waals surface area contributed by atoms with E-state index in [1.165, 1.54) is 16.7 Å². The Kier molecular flexibility index (Phi) is 6.48. The number of anilines is 1. The molecule has 2 aromatic heterocycles. The van der Waals surface area contributed by atoms with Crippen LogP contribution in [-0.2, 0) is 22.5 Å². The number of amides is 1. The molecule has 0 aliphatic heterocycles. The van der Waals surface area contributed by atoms with Crippen molar-refractivity contribution >= 4 is 17.2 Å². The monoisotopic (exact) mass is 422 g/mol. The van der Waals surface area contributed by atoms with Gasteiger partial charge in [-0.3, -0.25) is 4.79 Å². The lowest BCUT2D eigenvalue weighted by molar-refractivity contribution is -0.132. The molecule has 1 unspecified atom stereocenters. The molecule has 8 heteroatoms. The number of fused-ring (bicyclic) bond motifs is 2. The van der Waals surface area contributed by atoms with Crippen LogP contribution in [0.25, 0.3) is 5.52 Å². The fraction of sp³-hybridized carbons (Fsp3) is 0.435. The molecule has 0 fully saturated rings. The van der Waals surface area contributed by atoms with Crippen LogP contribution in [0.3, 0.4) is 0 Å². The number of aromatic nitrogens is 3. The highest BCUT2D eigenvalue weighted by Crippen LogP contribution is 2.32. The summed E-state index contributed by atoms with van der Waals surface area (Å²) in [6.07, 6.45) is 4.88. The summed E-state index contributed by atoms with van der Waals surface area (Å²) in [6.45, 7) is 3.83. The van der Waals surface area contributed by atoms with Gasteiger partial charge in [-0.05, 0) is 62.7 Å². The van der Waals surface area contributed by atoms with Gasteiger partial charge in [0, 0.05) is 19.3 Å². The number of aryl methyl sites for hydroxylation is 1. The third-order valence-electron chi connectivity index (χ3n) is 5.67. The number of benzene rings is 1. The second kappa shape index (κ2) is 9.45. The van der Waals surface area contributed by atoms with E-state index in [0.29, 0.717) is 13.2 Å². The van der Waals surface area contributed by atoms with E-state index >= 15 is 0 Å². The van der Waals surface area contributed by atoms with Gasteiger partial charge in [0.1, 0.15) is 17.9 Å². The number of hydrogen-bond acceptors (Lipinski definition) is 6. The SMILES string of the molecule is C[C@@H](OCCN(C)C)C(=O)NC1CCc2cc(CNc3ncnn4cccc34)ccc21. The molecule has 0 saturated heterocycles. The zero-order valence-electron chi connectivity index (χ0n) is 18.3. The van der Waals surface area contributed by atoms with Gasteiger partial charge in [-0.15, -0.1) is 0 Å². The molecule has 2 N–H and O–H groups in total. The van der Waals surface area contributed by atoms with Crippen LogP contribution in [0.4, 0.5) is 5.82 Å². The van der Waals surface area contributed by atoms with Crippen LogP contribution in [0.15, 0.2) is 42.9 Å². The summed E-state index contributed by atoms with van der Waals surface area (Å²) in [5, 5.41) is 10.8. The molecule has 4 rings (SSSR count). The molecular formula is C23H30N6O2. The van der Waals surface area contributed by atoms with Crippen molar-refractivity contribution in [1.82, 2.24) is 24.8 Å². The molecule has 164 valence electrons. The first kappa shape index (κ1) is 21.3. The maximum atomic E-state index is 12.5. The van der Waals surface area contributed by atoms with Crippen molar-refractivity contribution in [2.75, 3.05) is 32.6 Å². The summed E-state index contributed by atoms with van der Waals surface area (Å²) in [4.78, 5) is 18.9. The number of hydrogen-bond donors (Lipinski definition) is 2.